The predicted molar refractivity (Wildman–Crippen MR) is 93.3 cm³/mol. The van der Waals surface area contributed by atoms with E-state index in [0.29, 0.717) is 0 Å². The Balaban J connectivity index is 0. The molecule has 0 spiro atoms. The molecule has 0 unspecified atom stereocenters. The average Bonchev–Trinajstić information content (AvgIpc) is 2.37. The molecule has 0 fully saturated rings. The molecule has 0 aromatic carbocycles. The first-order chi connectivity index (χ1) is 9.66. The van der Waals surface area contributed by atoms with Crippen molar-refractivity contribution < 1.29 is 25.2 Å². The smallest absolute Gasteiger partial charge is 0.0864 e. The van der Waals surface area contributed by atoms with Gasteiger partial charge in [-0.05, 0) is 55.4 Å². The van der Waals surface area contributed by atoms with Crippen LogP contribution in [0.5, 0.6) is 0 Å². The molecule has 0 saturated heterocycles. The molecule has 4 N–H and O–H groups in total. The summed E-state index contributed by atoms with van der Waals surface area (Å²) < 4.78 is 5.10. The molecular formula is C16H36O5S. The van der Waals surface area contributed by atoms with Gasteiger partial charge in [0.05, 0.1) is 37.6 Å². The molecule has 0 aliphatic rings. The number of hydrogen-bond donors (Lipinski definition) is 4. The third-order valence-corrected chi connectivity index (χ3v) is 3.99. The first-order valence-electron chi connectivity index (χ1n) is 7.50. The van der Waals surface area contributed by atoms with Crippen molar-refractivity contribution in [1.29, 1.82) is 0 Å². The maximum absolute atomic E-state index is 8.95. The van der Waals surface area contributed by atoms with Crippen molar-refractivity contribution in [3.63, 3.8) is 0 Å². The van der Waals surface area contributed by atoms with E-state index in [4.69, 9.17) is 25.2 Å². The fraction of sp³-hybridized carbons (Fsp3) is 1.00. The van der Waals surface area contributed by atoms with E-state index in [2.05, 4.69) is 0 Å². The van der Waals surface area contributed by atoms with Crippen LogP contribution in [0, 0.1) is 0 Å². The highest BCUT2D eigenvalue weighted by atomic mass is 32.2. The minimum absolute atomic E-state index is 0.0452. The lowest BCUT2D eigenvalue weighted by molar-refractivity contribution is -0.157. The molecule has 0 amide bonds. The van der Waals surface area contributed by atoms with E-state index < -0.39 is 11.2 Å². The summed E-state index contributed by atoms with van der Waals surface area (Å²) in [4.78, 5) is 0. The van der Waals surface area contributed by atoms with Crippen LogP contribution in [0.25, 0.3) is 0 Å². The van der Waals surface area contributed by atoms with Gasteiger partial charge in [0.25, 0.3) is 0 Å². The topological polar surface area (TPSA) is 90.2 Å². The van der Waals surface area contributed by atoms with Gasteiger partial charge in [-0.25, -0.2) is 0 Å². The highest BCUT2D eigenvalue weighted by Crippen LogP contribution is 2.35. The summed E-state index contributed by atoms with van der Waals surface area (Å²) in [7, 11) is 0. The van der Waals surface area contributed by atoms with Gasteiger partial charge in [-0.2, -0.15) is 0 Å². The van der Waals surface area contributed by atoms with E-state index in [0.717, 1.165) is 0 Å². The Labute approximate surface area is 140 Å². The van der Waals surface area contributed by atoms with Gasteiger partial charge >= 0.3 is 0 Å². The molecule has 6 heteroatoms. The van der Waals surface area contributed by atoms with Crippen LogP contribution in [0.4, 0.5) is 0 Å². The summed E-state index contributed by atoms with van der Waals surface area (Å²) in [6, 6.07) is 0. The van der Waals surface area contributed by atoms with E-state index in [-0.39, 0.29) is 35.9 Å². The first kappa shape index (κ1) is 24.4. The fourth-order valence-corrected chi connectivity index (χ4v) is 3.25. The van der Waals surface area contributed by atoms with E-state index in [1.165, 1.54) is 0 Å². The highest BCUT2D eigenvalue weighted by molar-refractivity contribution is 8.01. The molecule has 22 heavy (non-hydrogen) atoms. The Hall–Kier alpha value is 0.150. The molecule has 0 atom stereocenters. The van der Waals surface area contributed by atoms with Gasteiger partial charge in [0, 0.05) is 9.49 Å². The van der Waals surface area contributed by atoms with Gasteiger partial charge in [0.1, 0.15) is 0 Å². The molecule has 0 bridgehead atoms. The van der Waals surface area contributed by atoms with Crippen LogP contribution < -0.4 is 0 Å². The van der Waals surface area contributed by atoms with E-state index in [1.54, 1.807) is 39.5 Å². The number of aliphatic hydroxyl groups is 4. The fourth-order valence-electron chi connectivity index (χ4n) is 1.63. The molecule has 0 saturated carbocycles. The van der Waals surface area contributed by atoms with Crippen LogP contribution in [-0.4, -0.2) is 67.5 Å². The number of rotatable bonds is 8. The van der Waals surface area contributed by atoms with Crippen molar-refractivity contribution >= 4 is 11.8 Å². The van der Waals surface area contributed by atoms with Crippen LogP contribution in [0.3, 0.4) is 0 Å². The Kier molecular flexibility index (Phi) is 10.5. The molecule has 0 radical (unpaired) electrons. The highest BCUT2D eigenvalue weighted by Gasteiger charge is 2.28. The molecule has 0 aliphatic heterocycles. The van der Waals surface area contributed by atoms with E-state index in [9.17, 15) is 0 Å². The lowest BCUT2D eigenvalue weighted by atomic mass is 10.1. The quantitative estimate of drug-likeness (QED) is 0.539. The lowest BCUT2D eigenvalue weighted by Crippen LogP contribution is -2.41. The summed E-state index contributed by atoms with van der Waals surface area (Å²) in [5.74, 6) is 0. The largest absolute Gasteiger partial charge is 0.395 e. The Morgan fingerprint density at radius 1 is 0.591 bits per heavy atom. The second-order valence-corrected chi connectivity index (χ2v) is 10.3. The summed E-state index contributed by atoms with van der Waals surface area (Å²) in [6.07, 6.45) is 0. The van der Waals surface area contributed by atoms with Crippen molar-refractivity contribution in [2.45, 2.75) is 76.1 Å². The predicted octanol–water partition coefficient (Wildman–Crippen LogP) is 1.81. The van der Waals surface area contributed by atoms with Crippen LogP contribution in [0.1, 0.15) is 55.4 Å². The number of ether oxygens (including phenoxy) is 1. The van der Waals surface area contributed by atoms with E-state index >= 15 is 0 Å². The Bertz CT molecular complexity index is 243. The summed E-state index contributed by atoms with van der Waals surface area (Å²) >= 11 is 1.60. The second-order valence-electron chi connectivity index (χ2n) is 7.88. The van der Waals surface area contributed by atoms with Gasteiger partial charge in [0.2, 0.25) is 0 Å². The van der Waals surface area contributed by atoms with Crippen molar-refractivity contribution in [1.82, 2.24) is 0 Å². The number of thioether (sulfide) groups is 1. The zero-order chi connectivity index (χ0) is 18.2. The molecular weight excluding hydrogens is 304 g/mol. The number of hydrogen-bond acceptors (Lipinski definition) is 6. The minimum atomic E-state index is -0.577. The standard InChI is InChI=1S/C8H18O3.C8H18O2S/c2*1-7(2,5-9)11-8(3,4)6-10/h2*9-10H,5-6H2,1-4H3. The third kappa shape index (κ3) is 12.7. The second kappa shape index (κ2) is 9.45. The van der Waals surface area contributed by atoms with Gasteiger partial charge in [0.15, 0.2) is 0 Å². The summed E-state index contributed by atoms with van der Waals surface area (Å²) in [5.41, 5.74) is -1.15. The maximum atomic E-state index is 8.95. The monoisotopic (exact) mass is 340 g/mol. The van der Waals surface area contributed by atoms with Gasteiger partial charge in [-0.1, -0.05) is 0 Å². The maximum Gasteiger partial charge on any atom is 0.0864 e. The van der Waals surface area contributed by atoms with Crippen molar-refractivity contribution in [2.24, 2.45) is 0 Å². The molecule has 5 nitrogen and oxygen atoms in total. The minimum Gasteiger partial charge on any atom is -0.395 e. The molecule has 0 rings (SSSR count). The first-order valence-corrected chi connectivity index (χ1v) is 8.31. The molecule has 0 heterocycles. The Morgan fingerprint density at radius 2 is 0.864 bits per heavy atom. The Morgan fingerprint density at radius 3 is 1.05 bits per heavy atom. The van der Waals surface area contributed by atoms with E-state index in [1.807, 2.05) is 27.7 Å². The van der Waals surface area contributed by atoms with Gasteiger partial charge in [-0.3, -0.25) is 0 Å². The third-order valence-electron chi connectivity index (χ3n) is 2.63. The zero-order valence-corrected chi connectivity index (χ0v) is 16.3. The van der Waals surface area contributed by atoms with Crippen LogP contribution in [0.15, 0.2) is 0 Å². The van der Waals surface area contributed by atoms with Crippen molar-refractivity contribution in [2.75, 3.05) is 26.4 Å². The van der Waals surface area contributed by atoms with Crippen LogP contribution >= 0.6 is 11.8 Å². The average molecular weight is 341 g/mol. The molecule has 0 aromatic heterocycles. The SMILES string of the molecule is CC(C)(CO)OC(C)(C)CO.CC(C)(CO)SC(C)(C)CO. The normalized spacial score (nSPS) is 13.6. The van der Waals surface area contributed by atoms with Crippen LogP contribution in [-0.2, 0) is 4.74 Å². The van der Waals surface area contributed by atoms with Crippen LogP contribution in [0.2, 0.25) is 0 Å². The van der Waals surface area contributed by atoms with Gasteiger partial charge < -0.3 is 25.2 Å². The summed E-state index contributed by atoms with van der Waals surface area (Å²) in [6.45, 7) is 15.2. The molecule has 0 aliphatic carbocycles. The van der Waals surface area contributed by atoms with Crippen molar-refractivity contribution in [3.8, 4) is 0 Å². The molecule has 136 valence electrons. The zero-order valence-electron chi connectivity index (χ0n) is 15.4. The number of aliphatic hydroxyl groups excluding tert-OH is 4. The lowest BCUT2D eigenvalue weighted by Gasteiger charge is -2.33. The molecule has 0 aromatic rings. The van der Waals surface area contributed by atoms with Gasteiger partial charge in [-0.15, -0.1) is 11.8 Å². The summed E-state index contributed by atoms with van der Waals surface area (Å²) in [5, 5.41) is 35.6. The van der Waals surface area contributed by atoms with Crippen molar-refractivity contribution in [3.05, 3.63) is 0 Å².